The molecule has 0 saturated carbocycles. The van der Waals surface area contributed by atoms with E-state index in [-0.39, 0.29) is 10.9 Å². The zero-order valence-corrected chi connectivity index (χ0v) is 12.5. The van der Waals surface area contributed by atoms with E-state index in [9.17, 15) is 8.42 Å². The molecule has 0 amide bonds. The molecule has 2 aromatic rings. The maximum absolute atomic E-state index is 12.9. The summed E-state index contributed by atoms with van der Waals surface area (Å²) in [5.74, 6) is 0.307. The van der Waals surface area contributed by atoms with E-state index in [0.717, 1.165) is 24.1 Å². The lowest BCUT2D eigenvalue weighted by atomic mass is 9.99. The number of nitrogen functional groups attached to an aromatic ring is 1. The fourth-order valence-electron chi connectivity index (χ4n) is 2.68. The van der Waals surface area contributed by atoms with Gasteiger partial charge in [-0.15, -0.1) is 0 Å². The molecule has 2 N–H and O–H groups in total. The molecule has 21 heavy (non-hydrogen) atoms. The Bertz CT molecular complexity index is 757. The average Bonchev–Trinajstić information content (AvgIpc) is 2.47. The molecular formula is C15H17N3O2S. The van der Waals surface area contributed by atoms with Crippen molar-refractivity contribution in [3.05, 3.63) is 48.2 Å². The number of para-hydroxylation sites is 1. The number of pyridine rings is 1. The summed E-state index contributed by atoms with van der Waals surface area (Å²) >= 11 is 0. The SMILES string of the molecule is CC1CCc2ccccc2N1S(=O)(=O)c1ccc(N)nc1. The van der Waals surface area contributed by atoms with Crippen LogP contribution in [0.3, 0.4) is 0 Å². The lowest BCUT2D eigenvalue weighted by molar-refractivity contribution is 0.563. The van der Waals surface area contributed by atoms with Crippen LogP contribution in [0.15, 0.2) is 47.5 Å². The van der Waals surface area contributed by atoms with Gasteiger partial charge in [0.1, 0.15) is 10.7 Å². The molecule has 5 nitrogen and oxygen atoms in total. The molecule has 0 radical (unpaired) electrons. The Morgan fingerprint density at radius 3 is 2.71 bits per heavy atom. The molecule has 6 heteroatoms. The van der Waals surface area contributed by atoms with Gasteiger partial charge >= 0.3 is 0 Å². The monoisotopic (exact) mass is 303 g/mol. The lowest BCUT2D eigenvalue weighted by Crippen LogP contribution is -2.42. The Kier molecular flexibility index (Phi) is 3.33. The predicted octanol–water partition coefficient (Wildman–Crippen LogP) is 2.19. The van der Waals surface area contributed by atoms with Crippen molar-refractivity contribution in [1.82, 2.24) is 4.98 Å². The molecule has 1 aromatic heterocycles. The number of rotatable bonds is 2. The number of fused-ring (bicyclic) bond motifs is 1. The third-order valence-electron chi connectivity index (χ3n) is 3.78. The van der Waals surface area contributed by atoms with E-state index in [1.807, 2.05) is 31.2 Å². The molecule has 0 fully saturated rings. The molecule has 2 heterocycles. The van der Waals surface area contributed by atoms with Crippen molar-refractivity contribution < 1.29 is 8.42 Å². The average molecular weight is 303 g/mol. The molecule has 1 aromatic carbocycles. The Morgan fingerprint density at radius 2 is 2.00 bits per heavy atom. The summed E-state index contributed by atoms with van der Waals surface area (Å²) in [6, 6.07) is 10.6. The highest BCUT2D eigenvalue weighted by atomic mass is 32.2. The number of hydrogen-bond acceptors (Lipinski definition) is 4. The zero-order chi connectivity index (χ0) is 15.0. The summed E-state index contributed by atoms with van der Waals surface area (Å²) in [7, 11) is -3.63. The number of aryl methyl sites for hydroxylation is 1. The van der Waals surface area contributed by atoms with E-state index in [1.54, 1.807) is 0 Å². The third kappa shape index (κ3) is 2.35. The highest BCUT2D eigenvalue weighted by molar-refractivity contribution is 7.92. The van der Waals surface area contributed by atoms with Gasteiger partial charge in [-0.3, -0.25) is 4.31 Å². The second-order valence-corrected chi connectivity index (χ2v) is 7.05. The summed E-state index contributed by atoms with van der Waals surface area (Å²) in [5, 5.41) is 0. The first-order chi connectivity index (χ1) is 10.00. The number of sulfonamides is 1. The van der Waals surface area contributed by atoms with Crippen LogP contribution in [0, 0.1) is 0 Å². The fraction of sp³-hybridized carbons (Fsp3) is 0.267. The number of anilines is 2. The summed E-state index contributed by atoms with van der Waals surface area (Å²) in [4.78, 5) is 4.06. The highest BCUT2D eigenvalue weighted by Crippen LogP contribution is 2.34. The van der Waals surface area contributed by atoms with Gasteiger partial charge in [-0.2, -0.15) is 0 Å². The summed E-state index contributed by atoms with van der Waals surface area (Å²) in [6.45, 7) is 1.93. The molecule has 1 unspecified atom stereocenters. The van der Waals surface area contributed by atoms with Crippen molar-refractivity contribution in [2.24, 2.45) is 0 Å². The second-order valence-electron chi connectivity index (χ2n) is 5.24. The normalized spacial score (nSPS) is 18.3. The maximum Gasteiger partial charge on any atom is 0.266 e. The van der Waals surface area contributed by atoms with Gasteiger partial charge in [-0.1, -0.05) is 18.2 Å². The van der Waals surface area contributed by atoms with Gasteiger partial charge in [-0.25, -0.2) is 13.4 Å². The van der Waals surface area contributed by atoms with Gasteiger partial charge in [-0.05, 0) is 43.5 Å². The third-order valence-corrected chi connectivity index (χ3v) is 5.69. The largest absolute Gasteiger partial charge is 0.384 e. The van der Waals surface area contributed by atoms with E-state index in [0.29, 0.717) is 5.82 Å². The Hall–Kier alpha value is -2.08. The second kappa shape index (κ2) is 5.04. The molecule has 1 aliphatic rings. The quantitative estimate of drug-likeness (QED) is 0.922. The van der Waals surface area contributed by atoms with Crippen molar-refractivity contribution >= 4 is 21.5 Å². The van der Waals surface area contributed by atoms with Gasteiger partial charge in [0.15, 0.2) is 0 Å². The first kappa shape index (κ1) is 13.9. The molecule has 0 spiro atoms. The van der Waals surface area contributed by atoms with Crippen molar-refractivity contribution in [2.75, 3.05) is 10.0 Å². The van der Waals surface area contributed by atoms with Crippen LogP contribution < -0.4 is 10.0 Å². The highest BCUT2D eigenvalue weighted by Gasteiger charge is 2.33. The van der Waals surface area contributed by atoms with Crippen LogP contribution in [-0.2, 0) is 16.4 Å². The van der Waals surface area contributed by atoms with Crippen molar-refractivity contribution in [3.63, 3.8) is 0 Å². The molecular weight excluding hydrogens is 286 g/mol. The molecule has 3 rings (SSSR count). The molecule has 110 valence electrons. The van der Waals surface area contributed by atoms with E-state index in [2.05, 4.69) is 4.98 Å². The minimum Gasteiger partial charge on any atom is -0.384 e. The first-order valence-electron chi connectivity index (χ1n) is 6.84. The van der Waals surface area contributed by atoms with E-state index in [4.69, 9.17) is 5.73 Å². The molecule has 1 aliphatic heterocycles. The fourth-order valence-corrected chi connectivity index (χ4v) is 4.35. The van der Waals surface area contributed by atoms with Crippen LogP contribution in [0.2, 0.25) is 0 Å². The summed E-state index contributed by atoms with van der Waals surface area (Å²) in [6.07, 6.45) is 3.01. The minimum atomic E-state index is -3.63. The number of nitrogens with two attached hydrogens (primary N) is 1. The van der Waals surface area contributed by atoms with E-state index < -0.39 is 10.0 Å². The summed E-state index contributed by atoms with van der Waals surface area (Å²) < 4.78 is 27.3. The van der Waals surface area contributed by atoms with Gasteiger partial charge in [0.2, 0.25) is 0 Å². The number of aromatic nitrogens is 1. The Morgan fingerprint density at radius 1 is 1.24 bits per heavy atom. The number of benzene rings is 1. The molecule has 1 atom stereocenters. The van der Waals surface area contributed by atoms with Gasteiger partial charge in [0.05, 0.1) is 5.69 Å². The van der Waals surface area contributed by atoms with Crippen LogP contribution in [-0.4, -0.2) is 19.4 Å². The Labute approximate surface area is 124 Å². The van der Waals surface area contributed by atoms with Crippen molar-refractivity contribution in [1.29, 1.82) is 0 Å². The maximum atomic E-state index is 12.9. The Balaban J connectivity index is 2.12. The van der Waals surface area contributed by atoms with Crippen LogP contribution >= 0.6 is 0 Å². The topological polar surface area (TPSA) is 76.3 Å². The van der Waals surface area contributed by atoms with E-state index >= 15 is 0 Å². The van der Waals surface area contributed by atoms with Crippen molar-refractivity contribution in [3.8, 4) is 0 Å². The molecule has 0 aliphatic carbocycles. The smallest absolute Gasteiger partial charge is 0.266 e. The number of nitrogens with zero attached hydrogens (tertiary/aromatic N) is 2. The van der Waals surface area contributed by atoms with Crippen LogP contribution in [0.1, 0.15) is 18.9 Å². The molecule has 0 saturated heterocycles. The minimum absolute atomic E-state index is 0.0811. The van der Waals surface area contributed by atoms with Crippen LogP contribution in [0.4, 0.5) is 11.5 Å². The molecule has 0 bridgehead atoms. The number of hydrogen-bond donors (Lipinski definition) is 1. The van der Waals surface area contributed by atoms with Gasteiger partial charge < -0.3 is 5.73 Å². The lowest BCUT2D eigenvalue weighted by Gasteiger charge is -2.35. The predicted molar refractivity (Wildman–Crippen MR) is 82.5 cm³/mol. The zero-order valence-electron chi connectivity index (χ0n) is 11.7. The standard InChI is InChI=1S/C15H17N3O2S/c1-11-6-7-12-4-2-3-5-14(12)18(11)21(19,20)13-8-9-15(16)17-10-13/h2-5,8-11H,6-7H2,1H3,(H2,16,17). The van der Waals surface area contributed by atoms with E-state index in [1.165, 1.54) is 22.6 Å². The van der Waals surface area contributed by atoms with Gasteiger partial charge in [0.25, 0.3) is 10.0 Å². The van der Waals surface area contributed by atoms with Crippen LogP contribution in [0.25, 0.3) is 0 Å². The van der Waals surface area contributed by atoms with Gasteiger partial charge in [0, 0.05) is 12.2 Å². The summed E-state index contributed by atoms with van der Waals surface area (Å²) in [5.41, 5.74) is 7.35. The van der Waals surface area contributed by atoms with Crippen LogP contribution in [0.5, 0.6) is 0 Å². The first-order valence-corrected chi connectivity index (χ1v) is 8.28. The van der Waals surface area contributed by atoms with Crippen molar-refractivity contribution in [2.45, 2.75) is 30.7 Å².